The van der Waals surface area contributed by atoms with Crippen molar-refractivity contribution in [3.8, 4) is 0 Å². The highest BCUT2D eigenvalue weighted by molar-refractivity contribution is 6.53. The lowest BCUT2D eigenvalue weighted by Crippen LogP contribution is -2.46. The fourth-order valence-corrected chi connectivity index (χ4v) is 0.287. The van der Waals surface area contributed by atoms with Crippen LogP contribution in [0.3, 0.4) is 0 Å². The van der Waals surface area contributed by atoms with Crippen LogP contribution in [0.15, 0.2) is 0 Å². The van der Waals surface area contributed by atoms with E-state index in [1.807, 2.05) is 5.43 Å². The molecule has 0 aliphatic heterocycles. The van der Waals surface area contributed by atoms with Gasteiger partial charge in [-0.15, -0.1) is 0 Å². The number of nitrogens with one attached hydrogen (secondary N) is 2. The molecule has 0 spiro atoms. The van der Waals surface area contributed by atoms with Crippen LogP contribution < -0.4 is 16.6 Å². The number of urea groups is 1. The van der Waals surface area contributed by atoms with Gasteiger partial charge in [0, 0.05) is 0 Å². The molecule has 0 aliphatic rings. The van der Waals surface area contributed by atoms with E-state index >= 15 is 0 Å². The van der Waals surface area contributed by atoms with E-state index in [9.17, 15) is 9.59 Å². The lowest BCUT2D eigenvalue weighted by Gasteiger charge is -2.03. The number of rotatable bonds is 1. The van der Waals surface area contributed by atoms with Crippen LogP contribution in [0.2, 0.25) is 0 Å². The Bertz CT molecular complexity index is 149. The van der Waals surface area contributed by atoms with Crippen LogP contribution in [0.1, 0.15) is 0 Å². The number of hydrogen-bond donors (Lipinski definition) is 3. The maximum Gasteiger partial charge on any atom is 0.330 e. The topological polar surface area (TPSA) is 84.2 Å². The zero-order valence-corrected chi connectivity index (χ0v) is 6.24. The third-order valence-corrected chi connectivity index (χ3v) is 0.903. The first-order valence-corrected chi connectivity index (χ1v) is 3.04. The highest BCUT2D eigenvalue weighted by Crippen LogP contribution is 1.98. The summed E-state index contributed by atoms with van der Waals surface area (Å²) in [6, 6.07) is -0.887. The molecule has 0 aromatic rings. The van der Waals surface area contributed by atoms with E-state index in [0.717, 1.165) is 0 Å². The molecule has 3 amide bonds. The summed E-state index contributed by atoms with van der Waals surface area (Å²) in [5.74, 6) is -0.734. The molecule has 5 nitrogen and oxygen atoms in total. The Balaban J connectivity index is 3.50. The molecule has 0 saturated carbocycles. The van der Waals surface area contributed by atoms with Crippen LogP contribution in [0, 0.1) is 0 Å². The van der Waals surface area contributed by atoms with Crippen LogP contribution >= 0.6 is 23.2 Å². The fourth-order valence-electron chi connectivity index (χ4n) is 0.178. The predicted octanol–water partition coefficient (Wildman–Crippen LogP) is -0.510. The molecule has 4 N–H and O–H groups in total. The first kappa shape index (κ1) is 9.32. The molecule has 0 bridgehead atoms. The monoisotopic (exact) mass is 185 g/mol. The molecule has 0 rings (SSSR count). The summed E-state index contributed by atoms with van der Waals surface area (Å²) in [6.45, 7) is 0. The van der Waals surface area contributed by atoms with Crippen molar-refractivity contribution >= 4 is 35.1 Å². The van der Waals surface area contributed by atoms with E-state index in [-0.39, 0.29) is 0 Å². The Hall–Kier alpha value is -0.680. The zero-order valence-electron chi connectivity index (χ0n) is 4.73. The Kier molecular flexibility index (Phi) is 3.90. The van der Waals surface area contributed by atoms with E-state index < -0.39 is 16.8 Å². The lowest BCUT2D eigenvalue weighted by molar-refractivity contribution is -0.120. The van der Waals surface area contributed by atoms with Crippen LogP contribution in [0.5, 0.6) is 0 Å². The molecule has 58 valence electrons. The molecular formula is C3H5Cl2N3O2. The Morgan fingerprint density at radius 1 is 1.30 bits per heavy atom. The van der Waals surface area contributed by atoms with Crippen molar-refractivity contribution < 1.29 is 9.59 Å². The van der Waals surface area contributed by atoms with Gasteiger partial charge in [-0.1, -0.05) is 23.2 Å². The summed E-state index contributed by atoms with van der Waals surface area (Å²) < 4.78 is 0. The van der Waals surface area contributed by atoms with Crippen LogP contribution in [0.25, 0.3) is 0 Å². The number of carbonyl (C=O) groups excluding carboxylic acids is 2. The molecule has 7 heteroatoms. The minimum absolute atomic E-state index is 0.734. The minimum Gasteiger partial charge on any atom is -0.350 e. The number of halogens is 2. The summed E-state index contributed by atoms with van der Waals surface area (Å²) in [5, 5.41) is 0. The molecular weight excluding hydrogens is 181 g/mol. The Labute approximate surface area is 66.8 Å². The molecule has 0 radical (unpaired) electrons. The molecule has 0 aliphatic carbocycles. The largest absolute Gasteiger partial charge is 0.350 e. The third-order valence-electron chi connectivity index (χ3n) is 0.507. The average molecular weight is 186 g/mol. The SMILES string of the molecule is NC(=O)NNC(=O)C(Cl)Cl. The van der Waals surface area contributed by atoms with Crippen LogP contribution in [-0.4, -0.2) is 16.8 Å². The van der Waals surface area contributed by atoms with Crippen LogP contribution in [-0.2, 0) is 4.79 Å². The normalized spacial score (nSPS) is 9.10. The predicted molar refractivity (Wildman–Crippen MR) is 36.4 cm³/mol. The summed E-state index contributed by atoms with van der Waals surface area (Å²) in [7, 11) is 0. The molecule has 0 heterocycles. The van der Waals surface area contributed by atoms with E-state index in [2.05, 4.69) is 5.73 Å². The summed E-state index contributed by atoms with van der Waals surface area (Å²) in [5.41, 5.74) is 8.24. The van der Waals surface area contributed by atoms with Gasteiger partial charge >= 0.3 is 6.03 Å². The number of carbonyl (C=O) groups is 2. The number of alkyl halides is 2. The second-order valence-electron chi connectivity index (χ2n) is 1.28. The number of nitrogens with two attached hydrogens (primary N) is 1. The first-order chi connectivity index (χ1) is 4.54. The van der Waals surface area contributed by atoms with Crippen molar-refractivity contribution in [2.45, 2.75) is 4.84 Å². The third kappa shape index (κ3) is 4.22. The van der Waals surface area contributed by atoms with E-state index in [4.69, 9.17) is 23.2 Å². The van der Waals surface area contributed by atoms with E-state index in [1.165, 1.54) is 0 Å². The summed E-state index contributed by atoms with van der Waals surface area (Å²) >= 11 is 10.1. The second-order valence-corrected chi connectivity index (χ2v) is 2.38. The maximum atomic E-state index is 10.4. The quantitative estimate of drug-likeness (QED) is 0.380. The summed E-state index contributed by atoms with van der Waals surface area (Å²) in [4.78, 5) is 19.1. The highest BCUT2D eigenvalue weighted by Gasteiger charge is 2.10. The minimum atomic E-state index is -1.22. The van der Waals surface area contributed by atoms with Crippen molar-refractivity contribution in [2.24, 2.45) is 5.73 Å². The smallest absolute Gasteiger partial charge is 0.330 e. The second kappa shape index (κ2) is 4.19. The number of primary amides is 1. The van der Waals surface area contributed by atoms with E-state index in [0.29, 0.717) is 0 Å². The summed E-state index contributed by atoms with van der Waals surface area (Å²) in [6.07, 6.45) is 0. The highest BCUT2D eigenvalue weighted by atomic mass is 35.5. The molecule has 0 unspecified atom stereocenters. The molecule has 10 heavy (non-hydrogen) atoms. The van der Waals surface area contributed by atoms with Crippen molar-refractivity contribution in [3.63, 3.8) is 0 Å². The number of amides is 3. The van der Waals surface area contributed by atoms with Gasteiger partial charge in [-0.2, -0.15) is 0 Å². The Morgan fingerprint density at radius 2 is 1.80 bits per heavy atom. The Morgan fingerprint density at radius 3 is 2.10 bits per heavy atom. The van der Waals surface area contributed by atoms with Gasteiger partial charge in [0.1, 0.15) is 0 Å². The van der Waals surface area contributed by atoms with Crippen molar-refractivity contribution in [2.75, 3.05) is 0 Å². The molecule has 0 aromatic heterocycles. The van der Waals surface area contributed by atoms with Crippen molar-refractivity contribution in [1.29, 1.82) is 0 Å². The van der Waals surface area contributed by atoms with Gasteiger partial charge in [0.15, 0.2) is 4.84 Å². The van der Waals surface area contributed by atoms with Crippen molar-refractivity contribution in [1.82, 2.24) is 10.9 Å². The van der Waals surface area contributed by atoms with Gasteiger partial charge in [-0.05, 0) is 0 Å². The maximum absolute atomic E-state index is 10.4. The number of hydrazine groups is 1. The molecule has 0 saturated heterocycles. The van der Waals surface area contributed by atoms with Crippen LogP contribution in [0.4, 0.5) is 4.79 Å². The average Bonchev–Trinajstić information content (AvgIpc) is 1.82. The molecule has 0 fully saturated rings. The van der Waals surface area contributed by atoms with Gasteiger partial charge in [0.2, 0.25) is 0 Å². The van der Waals surface area contributed by atoms with Crippen molar-refractivity contribution in [3.05, 3.63) is 0 Å². The zero-order chi connectivity index (χ0) is 8.15. The first-order valence-electron chi connectivity index (χ1n) is 2.17. The van der Waals surface area contributed by atoms with E-state index in [1.54, 1.807) is 5.43 Å². The van der Waals surface area contributed by atoms with Gasteiger partial charge in [-0.3, -0.25) is 10.2 Å². The fraction of sp³-hybridized carbons (Fsp3) is 0.333. The van der Waals surface area contributed by atoms with Gasteiger partial charge < -0.3 is 5.73 Å². The standard InChI is InChI=1S/C3H5Cl2N3O2/c4-1(5)2(9)7-8-3(6)10/h1H,(H,7,9)(H3,6,8,10). The van der Waals surface area contributed by atoms with Gasteiger partial charge in [0.25, 0.3) is 5.91 Å². The van der Waals surface area contributed by atoms with Gasteiger partial charge in [-0.25, -0.2) is 10.2 Å². The lowest BCUT2D eigenvalue weighted by atomic mass is 10.7. The van der Waals surface area contributed by atoms with Gasteiger partial charge in [0.05, 0.1) is 0 Å². The molecule has 0 aromatic carbocycles. The molecule has 0 atom stereocenters. The number of hydrogen-bond acceptors (Lipinski definition) is 2.